The first kappa shape index (κ1) is 31.9. The summed E-state index contributed by atoms with van der Waals surface area (Å²) in [6, 6.07) is 20.0. The average molecular weight is 657 g/mol. The summed E-state index contributed by atoms with van der Waals surface area (Å²) < 4.78 is 34.3. The Morgan fingerprint density at radius 3 is 1.98 bits per heavy atom. The monoisotopic (exact) mass is 656 g/mol. The molecule has 0 radical (unpaired) electrons. The molecule has 0 saturated carbocycles. The molecule has 0 aliphatic carbocycles. The van der Waals surface area contributed by atoms with E-state index < -0.39 is 32.4 Å². The van der Waals surface area contributed by atoms with E-state index in [4.69, 9.17) is 10.8 Å². The summed E-state index contributed by atoms with van der Waals surface area (Å²) in [5.74, 6) is -2.02. The van der Waals surface area contributed by atoms with Crippen molar-refractivity contribution in [3.8, 4) is 17.2 Å². The van der Waals surface area contributed by atoms with Gasteiger partial charge >= 0.3 is 5.97 Å². The van der Waals surface area contributed by atoms with Crippen LogP contribution in [-0.4, -0.2) is 45.9 Å². The Kier molecular flexibility index (Phi) is 9.02. The number of nitrogens with one attached hydrogen (secondary N) is 1. The van der Waals surface area contributed by atoms with E-state index in [-0.39, 0.29) is 57.3 Å². The number of phenols is 3. The van der Waals surface area contributed by atoms with Gasteiger partial charge in [-0.2, -0.15) is 23.8 Å². The molecule has 5 rings (SSSR count). The van der Waals surface area contributed by atoms with E-state index in [1.54, 1.807) is 6.07 Å². The second-order valence-electron chi connectivity index (χ2n) is 9.76. The van der Waals surface area contributed by atoms with Gasteiger partial charge in [-0.3, -0.25) is 9.35 Å². The zero-order valence-corrected chi connectivity index (χ0v) is 24.7. The van der Waals surface area contributed by atoms with Crippen molar-refractivity contribution in [2.45, 2.75) is 4.90 Å². The lowest BCUT2D eigenvalue weighted by atomic mass is 10.1. The number of fused-ring (bicyclic) bond motifs is 1. The minimum absolute atomic E-state index is 0.129. The molecule has 47 heavy (non-hydrogen) atoms. The van der Waals surface area contributed by atoms with Crippen molar-refractivity contribution in [1.29, 1.82) is 0 Å². The lowest BCUT2D eigenvalue weighted by Crippen LogP contribution is -2.12. The maximum atomic E-state index is 12.2. The van der Waals surface area contributed by atoms with E-state index >= 15 is 0 Å². The van der Waals surface area contributed by atoms with E-state index in [1.165, 1.54) is 66.7 Å². The third-order valence-corrected chi connectivity index (χ3v) is 7.27. The summed E-state index contributed by atoms with van der Waals surface area (Å²) in [6.45, 7) is -0.295. The fourth-order valence-electron chi connectivity index (χ4n) is 4.13. The molecule has 0 bridgehead atoms. The fourth-order valence-corrected chi connectivity index (χ4v) is 4.79. The second kappa shape index (κ2) is 13.3. The molecule has 238 valence electrons. The standard InChI is InChI=1S/C30H24N8O8S/c31-23-13-19(32-15-28(41)42)7-9-24(23)36-35-20-2-1-16-11-27(47(44,45)46)29(30(43)22(16)12-20)38-34-18-5-3-17(4-6-18)33-37-25-10-8-21(39)14-26(25)40/h1-14,32,39-40,43H,15,31H2,(H,41,42)(H,44,45,46). The van der Waals surface area contributed by atoms with E-state index in [1.807, 2.05) is 0 Å². The van der Waals surface area contributed by atoms with Gasteiger partial charge in [0.15, 0.2) is 5.75 Å². The number of nitrogens with zero attached hydrogens (tertiary/aromatic N) is 6. The van der Waals surface area contributed by atoms with Crippen LogP contribution in [0, 0.1) is 0 Å². The van der Waals surface area contributed by atoms with Gasteiger partial charge in [-0.05, 0) is 78.2 Å². The van der Waals surface area contributed by atoms with Crippen LogP contribution in [0.4, 0.5) is 45.5 Å². The second-order valence-corrected chi connectivity index (χ2v) is 11.2. The van der Waals surface area contributed by atoms with Gasteiger partial charge in [0, 0.05) is 17.1 Å². The summed E-state index contributed by atoms with van der Waals surface area (Å²) >= 11 is 0. The Labute approximate surface area is 265 Å². The Morgan fingerprint density at radius 2 is 1.34 bits per heavy atom. The van der Waals surface area contributed by atoms with Crippen molar-refractivity contribution in [2.24, 2.45) is 30.7 Å². The minimum atomic E-state index is -4.84. The molecular weight excluding hydrogens is 632 g/mol. The predicted molar refractivity (Wildman–Crippen MR) is 171 cm³/mol. The number of anilines is 2. The number of carboxylic acids is 1. The van der Waals surface area contributed by atoms with Gasteiger partial charge in [0.25, 0.3) is 10.1 Å². The highest BCUT2D eigenvalue weighted by Gasteiger charge is 2.22. The zero-order chi connectivity index (χ0) is 33.7. The van der Waals surface area contributed by atoms with E-state index in [2.05, 4.69) is 36.0 Å². The number of aromatic hydroxyl groups is 3. The Balaban J connectivity index is 1.41. The normalized spacial score (nSPS) is 12.0. The topological polar surface area (TPSA) is 265 Å². The lowest BCUT2D eigenvalue weighted by molar-refractivity contribution is -0.134. The highest BCUT2D eigenvalue weighted by Crippen LogP contribution is 2.43. The van der Waals surface area contributed by atoms with Crippen molar-refractivity contribution in [2.75, 3.05) is 17.6 Å². The number of phenolic OH excluding ortho intramolecular Hbond substituents is 3. The molecule has 0 fully saturated rings. The van der Waals surface area contributed by atoms with Crippen molar-refractivity contribution in [3.05, 3.63) is 84.9 Å². The Hall–Kier alpha value is -6.46. The maximum absolute atomic E-state index is 12.2. The van der Waals surface area contributed by atoms with E-state index in [0.29, 0.717) is 11.4 Å². The van der Waals surface area contributed by atoms with Crippen LogP contribution >= 0.6 is 0 Å². The first-order valence-corrected chi connectivity index (χ1v) is 14.8. The number of carbonyl (C=O) groups is 1. The third-order valence-electron chi connectivity index (χ3n) is 6.41. The van der Waals surface area contributed by atoms with Crippen LogP contribution in [0.3, 0.4) is 0 Å². The molecule has 0 aliphatic heterocycles. The smallest absolute Gasteiger partial charge is 0.322 e. The van der Waals surface area contributed by atoms with Crippen LogP contribution in [0.15, 0.2) is 121 Å². The van der Waals surface area contributed by atoms with Crippen molar-refractivity contribution < 1.29 is 38.2 Å². The summed E-state index contributed by atoms with van der Waals surface area (Å²) in [4.78, 5) is 10.1. The Morgan fingerprint density at radius 1 is 0.723 bits per heavy atom. The molecule has 0 aliphatic rings. The number of nitrogen functional groups attached to an aromatic ring is 1. The summed E-state index contributed by atoms with van der Waals surface area (Å²) in [6.07, 6.45) is 0. The quantitative estimate of drug-likeness (QED) is 0.0441. The van der Waals surface area contributed by atoms with Crippen LogP contribution in [0.5, 0.6) is 17.2 Å². The number of azo groups is 3. The van der Waals surface area contributed by atoms with Crippen LogP contribution in [0.25, 0.3) is 10.8 Å². The van der Waals surface area contributed by atoms with Crippen molar-refractivity contribution in [1.82, 2.24) is 0 Å². The molecule has 17 heteroatoms. The van der Waals surface area contributed by atoms with Crippen LogP contribution in [0.2, 0.25) is 0 Å². The largest absolute Gasteiger partial charge is 0.508 e. The molecule has 0 amide bonds. The van der Waals surface area contributed by atoms with Gasteiger partial charge in [-0.25, -0.2) is 0 Å². The highest BCUT2D eigenvalue weighted by molar-refractivity contribution is 7.86. The number of aliphatic carboxylic acids is 1. The zero-order valence-electron chi connectivity index (χ0n) is 23.9. The lowest BCUT2D eigenvalue weighted by Gasteiger charge is -2.09. The molecule has 0 aromatic heterocycles. The van der Waals surface area contributed by atoms with Crippen molar-refractivity contribution in [3.63, 3.8) is 0 Å². The average Bonchev–Trinajstić information content (AvgIpc) is 3.02. The molecule has 0 spiro atoms. The van der Waals surface area contributed by atoms with Gasteiger partial charge < -0.3 is 31.5 Å². The molecule has 0 unspecified atom stereocenters. The minimum Gasteiger partial charge on any atom is -0.508 e. The molecular formula is C30H24N8O8S. The number of benzene rings is 5. The number of nitrogens with two attached hydrogens (primary N) is 1. The van der Waals surface area contributed by atoms with Crippen LogP contribution < -0.4 is 11.1 Å². The van der Waals surface area contributed by atoms with E-state index in [9.17, 15) is 33.1 Å². The SMILES string of the molecule is Nc1cc(NCC(=O)O)ccc1N=Nc1ccc2cc(S(=O)(=O)O)c(N=Nc3ccc(N=Nc4ccc(O)cc4O)cc3)c(O)c2c1. The molecule has 8 N–H and O–H groups in total. The third kappa shape index (κ3) is 7.80. The number of hydrogen-bond donors (Lipinski definition) is 7. The number of carboxylic acid groups (broad SMARTS) is 1. The van der Waals surface area contributed by atoms with Gasteiger partial charge in [0.05, 0.1) is 22.7 Å². The maximum Gasteiger partial charge on any atom is 0.322 e. The first-order chi connectivity index (χ1) is 22.4. The molecule has 0 saturated heterocycles. The fraction of sp³-hybridized carbons (Fsp3) is 0.0333. The van der Waals surface area contributed by atoms with Crippen LogP contribution in [-0.2, 0) is 14.9 Å². The summed E-state index contributed by atoms with van der Waals surface area (Å²) in [7, 11) is -4.84. The molecule has 16 nitrogen and oxygen atoms in total. The summed E-state index contributed by atoms with van der Waals surface area (Å²) in [5.41, 5.74) is 7.48. The molecule has 0 atom stereocenters. The Bertz CT molecular complexity index is 2210. The van der Waals surface area contributed by atoms with Gasteiger partial charge in [-0.1, -0.05) is 6.07 Å². The number of rotatable bonds is 10. The first-order valence-electron chi connectivity index (χ1n) is 13.4. The van der Waals surface area contributed by atoms with E-state index in [0.717, 1.165) is 12.1 Å². The number of hydrogen-bond acceptors (Lipinski definition) is 14. The molecule has 5 aromatic rings. The summed E-state index contributed by atoms with van der Waals surface area (Å²) in [5, 5.41) is 66.3. The molecule has 0 heterocycles. The van der Waals surface area contributed by atoms with Gasteiger partial charge in [-0.15, -0.1) is 15.3 Å². The van der Waals surface area contributed by atoms with Gasteiger partial charge in [0.1, 0.15) is 40.0 Å². The highest BCUT2D eigenvalue weighted by atomic mass is 32.2. The molecule has 5 aromatic carbocycles. The van der Waals surface area contributed by atoms with Crippen LogP contribution in [0.1, 0.15) is 0 Å². The van der Waals surface area contributed by atoms with Crippen molar-refractivity contribution >= 4 is 72.4 Å². The van der Waals surface area contributed by atoms with Gasteiger partial charge in [0.2, 0.25) is 0 Å². The predicted octanol–water partition coefficient (Wildman–Crippen LogP) is 7.53.